The Hall–Kier alpha value is -1.45. The van der Waals surface area contributed by atoms with Crippen molar-refractivity contribution in [1.29, 1.82) is 0 Å². The lowest BCUT2D eigenvalue weighted by Gasteiger charge is -2.69. The second-order valence-corrected chi connectivity index (χ2v) is 16.9. The number of ether oxygens (including phenoxy) is 3. The zero-order valence-electron chi connectivity index (χ0n) is 27.8. The molecule has 3 unspecified atom stereocenters. The predicted octanol–water partition coefficient (Wildman–Crippen LogP) is 6.45. The van der Waals surface area contributed by atoms with Gasteiger partial charge in [-0.3, -0.25) is 14.4 Å². The molecule has 2 N–H and O–H groups in total. The fourth-order valence-corrected chi connectivity index (χ4v) is 12.0. The van der Waals surface area contributed by atoms with Gasteiger partial charge >= 0.3 is 17.9 Å². The van der Waals surface area contributed by atoms with E-state index >= 15 is 0 Å². The largest absolute Gasteiger partial charge is 0.462 e. The Morgan fingerprint density at radius 1 is 0.909 bits per heavy atom. The van der Waals surface area contributed by atoms with E-state index in [-0.39, 0.29) is 46.1 Å². The molecule has 12 atom stereocenters. The van der Waals surface area contributed by atoms with E-state index in [1.165, 1.54) is 13.8 Å². The Morgan fingerprint density at radius 3 is 2.20 bits per heavy atom. The maximum atomic E-state index is 14.1. The average molecular weight is 682 g/mol. The fraction of sp³-hybridized carbons (Fsp3) is 0.857. The van der Waals surface area contributed by atoms with E-state index in [9.17, 15) is 24.6 Å². The topological polar surface area (TPSA) is 119 Å². The third-order valence-electron chi connectivity index (χ3n) is 14.0. The van der Waals surface area contributed by atoms with E-state index in [1.54, 1.807) is 0 Å². The lowest BCUT2D eigenvalue weighted by Crippen LogP contribution is -2.66. The molecule has 5 aliphatic carbocycles. The number of carbonyl (C=O) groups excluding carboxylic acids is 3. The van der Waals surface area contributed by atoms with Gasteiger partial charge in [0.25, 0.3) is 0 Å². The lowest BCUT2D eigenvalue weighted by molar-refractivity contribution is -0.241. The van der Waals surface area contributed by atoms with Gasteiger partial charge in [0.2, 0.25) is 6.79 Å². The summed E-state index contributed by atoms with van der Waals surface area (Å²) in [7, 11) is 0. The van der Waals surface area contributed by atoms with Crippen molar-refractivity contribution in [3.63, 3.8) is 0 Å². The second-order valence-electron chi connectivity index (χ2n) is 16.0. The summed E-state index contributed by atoms with van der Waals surface area (Å²) in [5, 5.41) is 23.0. The number of esters is 3. The van der Waals surface area contributed by atoms with Crippen LogP contribution < -0.4 is 0 Å². The van der Waals surface area contributed by atoms with Gasteiger partial charge in [-0.2, -0.15) is 0 Å². The molecule has 0 aromatic carbocycles. The normalized spacial score (nSPS) is 47.1. The van der Waals surface area contributed by atoms with E-state index in [0.717, 1.165) is 35.7 Å². The van der Waals surface area contributed by atoms with Gasteiger partial charge in [0.05, 0.1) is 17.6 Å². The van der Waals surface area contributed by atoms with Crippen molar-refractivity contribution >= 4 is 33.8 Å². The molecule has 0 aliphatic heterocycles. The molecule has 5 aliphatic rings. The van der Waals surface area contributed by atoms with Crippen LogP contribution in [0.1, 0.15) is 113 Å². The standard InChI is InChI=1S/C35H53BrO8/c1-19(2)24(36)10-14-34(30(41)43-18-42-21(4)37)17-35(34)27-15-26(40)29-31(6)12-11-25(39)20(3)23(31)9-13-32(29,7)33(27,8)16-28(35)44-22(5)38/h20,23,25-29,39-40H,9-18H2,1-8H3/t20-,23-,25+,26+,27+,28-,29?,31-,32-,33-,34?,35?/m0/s1. The van der Waals surface area contributed by atoms with Crippen LogP contribution in [-0.4, -0.2) is 53.2 Å². The molecule has 5 saturated carbocycles. The lowest BCUT2D eigenvalue weighted by atomic mass is 9.36. The molecule has 0 heterocycles. The van der Waals surface area contributed by atoms with Crippen molar-refractivity contribution in [3.8, 4) is 0 Å². The van der Waals surface area contributed by atoms with Crippen molar-refractivity contribution in [2.24, 2.45) is 50.7 Å². The zero-order chi connectivity index (χ0) is 32.6. The van der Waals surface area contributed by atoms with Crippen molar-refractivity contribution in [3.05, 3.63) is 10.1 Å². The summed E-state index contributed by atoms with van der Waals surface area (Å²) >= 11 is 3.70. The summed E-state index contributed by atoms with van der Waals surface area (Å²) in [5.74, 6) is -0.867. The van der Waals surface area contributed by atoms with Crippen LogP contribution in [0.5, 0.6) is 0 Å². The number of allylic oxidation sites excluding steroid dienone is 2. The summed E-state index contributed by atoms with van der Waals surface area (Å²) in [4.78, 5) is 38.3. The second kappa shape index (κ2) is 11.4. The summed E-state index contributed by atoms with van der Waals surface area (Å²) in [6.07, 6.45) is 4.87. The Morgan fingerprint density at radius 2 is 1.59 bits per heavy atom. The highest BCUT2D eigenvalue weighted by Crippen LogP contribution is 2.86. The highest BCUT2D eigenvalue weighted by molar-refractivity contribution is 9.11. The van der Waals surface area contributed by atoms with E-state index in [0.29, 0.717) is 38.0 Å². The minimum atomic E-state index is -0.947. The van der Waals surface area contributed by atoms with Crippen LogP contribution in [0.3, 0.4) is 0 Å². The number of halogens is 1. The van der Waals surface area contributed by atoms with Crippen molar-refractivity contribution < 1.29 is 38.8 Å². The minimum Gasteiger partial charge on any atom is -0.462 e. The number of aliphatic hydroxyl groups is 2. The molecular weight excluding hydrogens is 628 g/mol. The van der Waals surface area contributed by atoms with Crippen LogP contribution in [0.15, 0.2) is 10.1 Å². The zero-order valence-corrected chi connectivity index (χ0v) is 29.4. The third kappa shape index (κ3) is 4.75. The summed E-state index contributed by atoms with van der Waals surface area (Å²) < 4.78 is 17.9. The van der Waals surface area contributed by atoms with Crippen LogP contribution in [0.4, 0.5) is 0 Å². The fourth-order valence-electron chi connectivity index (χ4n) is 11.8. The molecular formula is C35H53BrO8. The maximum absolute atomic E-state index is 14.1. The van der Waals surface area contributed by atoms with E-state index in [4.69, 9.17) is 14.2 Å². The van der Waals surface area contributed by atoms with Crippen molar-refractivity contribution in [2.45, 2.75) is 131 Å². The van der Waals surface area contributed by atoms with Gasteiger partial charge in [0.1, 0.15) is 6.10 Å². The average Bonchev–Trinajstić information content (AvgIpc) is 3.55. The molecule has 8 nitrogen and oxygen atoms in total. The molecule has 44 heavy (non-hydrogen) atoms. The summed E-state index contributed by atoms with van der Waals surface area (Å²) in [6, 6.07) is 0. The van der Waals surface area contributed by atoms with Crippen LogP contribution in [0.2, 0.25) is 0 Å². The first-order valence-electron chi connectivity index (χ1n) is 16.6. The van der Waals surface area contributed by atoms with Gasteiger partial charge < -0.3 is 24.4 Å². The van der Waals surface area contributed by atoms with Crippen molar-refractivity contribution in [1.82, 2.24) is 0 Å². The molecule has 1 spiro atoms. The Labute approximate surface area is 271 Å². The quantitative estimate of drug-likeness (QED) is 0.233. The maximum Gasteiger partial charge on any atom is 0.315 e. The molecule has 0 aromatic rings. The Balaban J connectivity index is 1.58. The van der Waals surface area contributed by atoms with Crippen LogP contribution in [-0.2, 0) is 28.6 Å². The highest BCUT2D eigenvalue weighted by atomic mass is 79.9. The first kappa shape index (κ1) is 33.9. The summed E-state index contributed by atoms with van der Waals surface area (Å²) in [5.41, 5.74) is -1.22. The molecule has 248 valence electrons. The SMILES string of the molecule is CC(=O)OCOC(=O)C1(CCC(Br)=C(C)C)CC12[C@@H](OC(C)=O)C[C@@]1(C)[C@H]2C[C@@H](O)C2[C@]1(C)CC[C@H]1[C@H](C)[C@H](O)CC[C@]21C. The molecule has 0 saturated heterocycles. The van der Waals surface area contributed by atoms with E-state index in [1.807, 2.05) is 13.8 Å². The van der Waals surface area contributed by atoms with Crippen LogP contribution in [0.25, 0.3) is 0 Å². The number of hydrogen-bond donors (Lipinski definition) is 2. The van der Waals surface area contributed by atoms with Gasteiger partial charge in [-0.05, 0) is 116 Å². The highest BCUT2D eigenvalue weighted by Gasteiger charge is 2.86. The predicted molar refractivity (Wildman–Crippen MR) is 168 cm³/mol. The minimum absolute atomic E-state index is 0.0296. The van der Waals surface area contributed by atoms with Gasteiger partial charge in [-0.1, -0.05) is 49.2 Å². The summed E-state index contributed by atoms with van der Waals surface area (Å²) in [6.45, 7) is 15.5. The molecule has 0 radical (unpaired) electrons. The monoisotopic (exact) mass is 680 g/mol. The number of aliphatic hydroxyl groups excluding tert-OH is 2. The number of rotatable bonds is 7. The van der Waals surface area contributed by atoms with E-state index < -0.39 is 41.8 Å². The molecule has 5 fully saturated rings. The Kier molecular flexibility index (Phi) is 8.75. The smallest absolute Gasteiger partial charge is 0.315 e. The van der Waals surface area contributed by atoms with Gasteiger partial charge in [-0.25, -0.2) is 0 Å². The third-order valence-corrected chi connectivity index (χ3v) is 15.2. The van der Waals surface area contributed by atoms with E-state index in [2.05, 4.69) is 43.6 Å². The molecule has 9 heteroatoms. The van der Waals surface area contributed by atoms with Crippen LogP contribution >= 0.6 is 15.9 Å². The number of carbonyl (C=O) groups is 3. The van der Waals surface area contributed by atoms with Gasteiger partial charge in [0.15, 0.2) is 0 Å². The molecule has 0 amide bonds. The van der Waals surface area contributed by atoms with Gasteiger partial charge in [0, 0.05) is 19.3 Å². The van der Waals surface area contributed by atoms with Gasteiger partial charge in [-0.15, -0.1) is 0 Å². The molecule has 0 aromatic heterocycles. The first-order valence-corrected chi connectivity index (χ1v) is 17.4. The Bertz CT molecular complexity index is 1230. The van der Waals surface area contributed by atoms with Crippen LogP contribution in [0, 0.1) is 50.7 Å². The van der Waals surface area contributed by atoms with Crippen molar-refractivity contribution in [2.75, 3.05) is 6.79 Å². The number of fused-ring (bicyclic) bond motifs is 6. The number of hydrogen-bond acceptors (Lipinski definition) is 8. The first-order chi connectivity index (χ1) is 20.4. The molecule has 5 rings (SSSR count). The molecule has 0 bridgehead atoms.